The smallest absolute Gasteiger partial charge is 0.251 e. The molecule has 2 aliphatic rings. The average Bonchev–Trinajstić information content (AvgIpc) is 3.20. The Balaban J connectivity index is 1.50. The highest BCUT2D eigenvalue weighted by Gasteiger charge is 2.34. The van der Waals surface area contributed by atoms with Gasteiger partial charge in [0.2, 0.25) is 11.0 Å². The molecule has 0 radical (unpaired) electrons. The van der Waals surface area contributed by atoms with Crippen LogP contribution in [0.3, 0.4) is 0 Å². The van der Waals surface area contributed by atoms with E-state index in [0.717, 1.165) is 0 Å². The van der Waals surface area contributed by atoms with Crippen molar-refractivity contribution in [1.82, 2.24) is 5.32 Å². The lowest BCUT2D eigenvalue weighted by Crippen LogP contribution is -2.46. The van der Waals surface area contributed by atoms with Gasteiger partial charge in [-0.15, -0.1) is 0 Å². The second-order valence-electron chi connectivity index (χ2n) is 6.02. The minimum Gasteiger partial charge on any atom is -0.467 e. The number of hydrogen-bond donors (Lipinski definition) is 1. The van der Waals surface area contributed by atoms with Crippen LogP contribution in [-0.2, 0) is 11.3 Å². The Morgan fingerprint density at radius 1 is 1.22 bits per heavy atom. The Kier molecular flexibility index (Phi) is 4.52. The van der Waals surface area contributed by atoms with E-state index in [-0.39, 0.29) is 16.9 Å². The first-order valence-electron chi connectivity index (χ1n) is 8.35. The maximum absolute atomic E-state index is 12.8. The highest BCUT2D eigenvalue weighted by molar-refractivity contribution is 7.80. The summed E-state index contributed by atoms with van der Waals surface area (Å²) in [7, 11) is 0. The standard InChI is InChI=1S/C20H15N3O3S/c24-18(21-12-15-4-3-11-26-15)13-7-9-14(10-8-13)23-19(25)16-5-1-2-6-17(16)22-20(23)27/h1-11,16H,12H2,(H,21,24). The van der Waals surface area contributed by atoms with Gasteiger partial charge in [-0.05, 0) is 54.7 Å². The van der Waals surface area contributed by atoms with Gasteiger partial charge in [-0.3, -0.25) is 14.5 Å². The van der Waals surface area contributed by atoms with E-state index in [1.165, 1.54) is 4.90 Å². The molecular formula is C20H15N3O3S. The summed E-state index contributed by atoms with van der Waals surface area (Å²) in [6.07, 6.45) is 8.79. The third-order valence-electron chi connectivity index (χ3n) is 4.29. The van der Waals surface area contributed by atoms with Crippen molar-refractivity contribution in [3.05, 3.63) is 78.3 Å². The Bertz CT molecular complexity index is 988. The zero-order chi connectivity index (χ0) is 18.8. The van der Waals surface area contributed by atoms with Crippen molar-refractivity contribution < 1.29 is 14.0 Å². The van der Waals surface area contributed by atoms with Gasteiger partial charge in [0.1, 0.15) is 5.76 Å². The molecule has 0 fully saturated rings. The zero-order valence-electron chi connectivity index (χ0n) is 14.2. The van der Waals surface area contributed by atoms with Gasteiger partial charge in [-0.1, -0.05) is 18.2 Å². The average molecular weight is 377 g/mol. The molecular weight excluding hydrogens is 362 g/mol. The number of carbonyl (C=O) groups excluding carboxylic acids is 2. The number of anilines is 1. The minimum atomic E-state index is -0.432. The van der Waals surface area contributed by atoms with Crippen LogP contribution in [0.25, 0.3) is 0 Å². The highest BCUT2D eigenvalue weighted by atomic mass is 32.1. The number of hydrogen-bond acceptors (Lipinski definition) is 4. The van der Waals surface area contributed by atoms with E-state index >= 15 is 0 Å². The van der Waals surface area contributed by atoms with Crippen LogP contribution in [-0.4, -0.2) is 22.6 Å². The van der Waals surface area contributed by atoms with Gasteiger partial charge in [0.25, 0.3) is 5.91 Å². The lowest BCUT2D eigenvalue weighted by molar-refractivity contribution is -0.118. The summed E-state index contributed by atoms with van der Waals surface area (Å²) < 4.78 is 5.19. The maximum Gasteiger partial charge on any atom is 0.251 e. The summed E-state index contributed by atoms with van der Waals surface area (Å²) in [5.74, 6) is -0.141. The third kappa shape index (κ3) is 3.37. The van der Waals surface area contributed by atoms with Crippen molar-refractivity contribution in [2.45, 2.75) is 6.54 Å². The Morgan fingerprint density at radius 2 is 2.04 bits per heavy atom. The molecule has 1 atom stereocenters. The van der Waals surface area contributed by atoms with Crippen molar-refractivity contribution in [3.63, 3.8) is 0 Å². The minimum absolute atomic E-state index is 0.152. The topological polar surface area (TPSA) is 74.9 Å². The monoisotopic (exact) mass is 377 g/mol. The first-order chi connectivity index (χ1) is 13.1. The van der Waals surface area contributed by atoms with Crippen molar-refractivity contribution in [2.75, 3.05) is 4.90 Å². The van der Waals surface area contributed by atoms with Crippen LogP contribution >= 0.6 is 12.2 Å². The summed E-state index contributed by atoms with van der Waals surface area (Å²) in [5.41, 5.74) is 1.71. The van der Waals surface area contributed by atoms with Crippen LogP contribution in [0.2, 0.25) is 0 Å². The third-order valence-corrected chi connectivity index (χ3v) is 4.57. The van der Waals surface area contributed by atoms with Crippen LogP contribution in [0, 0.1) is 5.92 Å². The molecule has 2 amide bonds. The number of nitrogens with zero attached hydrogens (tertiary/aromatic N) is 2. The SMILES string of the molecule is O=C(NCc1ccco1)c1ccc(N2C(=O)C3C=CC=CC3=NC2=S)cc1. The van der Waals surface area contributed by atoms with E-state index < -0.39 is 5.92 Å². The number of carbonyl (C=O) groups is 2. The van der Waals surface area contributed by atoms with Gasteiger partial charge < -0.3 is 9.73 Å². The molecule has 0 saturated heterocycles. The largest absolute Gasteiger partial charge is 0.467 e. The number of fused-ring (bicyclic) bond motifs is 1. The fourth-order valence-corrected chi connectivity index (χ4v) is 3.22. The highest BCUT2D eigenvalue weighted by Crippen LogP contribution is 2.25. The molecule has 0 spiro atoms. The van der Waals surface area contributed by atoms with Gasteiger partial charge in [0.15, 0.2) is 0 Å². The van der Waals surface area contributed by atoms with Crippen LogP contribution in [0.5, 0.6) is 0 Å². The van der Waals surface area contributed by atoms with Crippen LogP contribution in [0.4, 0.5) is 5.69 Å². The number of amides is 2. The lowest BCUT2D eigenvalue weighted by atomic mass is 9.95. The number of furan rings is 1. The van der Waals surface area contributed by atoms with Gasteiger partial charge in [0.05, 0.1) is 30.1 Å². The van der Waals surface area contributed by atoms with Gasteiger partial charge >= 0.3 is 0 Å². The number of nitrogens with one attached hydrogen (secondary N) is 1. The van der Waals surface area contributed by atoms with E-state index in [1.807, 2.05) is 12.2 Å². The van der Waals surface area contributed by atoms with E-state index in [4.69, 9.17) is 16.6 Å². The Hall–Kier alpha value is -3.32. The number of allylic oxidation sites excluding steroid dienone is 3. The molecule has 1 aliphatic heterocycles. The quantitative estimate of drug-likeness (QED) is 0.831. The van der Waals surface area contributed by atoms with Crippen molar-refractivity contribution in [1.29, 1.82) is 0 Å². The molecule has 1 N–H and O–H groups in total. The van der Waals surface area contributed by atoms with E-state index in [9.17, 15) is 9.59 Å². The zero-order valence-corrected chi connectivity index (χ0v) is 15.0. The van der Waals surface area contributed by atoms with Gasteiger partial charge in [0, 0.05) is 5.56 Å². The Morgan fingerprint density at radius 3 is 2.78 bits per heavy atom. The van der Waals surface area contributed by atoms with Gasteiger partial charge in [-0.25, -0.2) is 4.99 Å². The van der Waals surface area contributed by atoms with Crippen LogP contribution in [0.15, 0.2) is 76.4 Å². The fraction of sp³-hybridized carbons (Fsp3) is 0.100. The lowest BCUT2D eigenvalue weighted by Gasteiger charge is -2.30. The second-order valence-corrected chi connectivity index (χ2v) is 6.39. The summed E-state index contributed by atoms with van der Waals surface area (Å²) in [6.45, 7) is 0.307. The maximum atomic E-state index is 12.8. The van der Waals surface area contributed by atoms with E-state index in [1.54, 1.807) is 54.8 Å². The molecule has 1 aliphatic carbocycles. The van der Waals surface area contributed by atoms with E-state index in [2.05, 4.69) is 10.3 Å². The number of aliphatic imine (C=N–C) groups is 1. The molecule has 2 heterocycles. The Labute approximate surface area is 160 Å². The number of thiocarbonyl (C=S) groups is 1. The number of benzene rings is 1. The summed E-state index contributed by atoms with van der Waals surface area (Å²) in [6, 6.07) is 10.2. The molecule has 4 rings (SSSR count). The summed E-state index contributed by atoms with van der Waals surface area (Å²) in [5, 5.41) is 2.97. The predicted octanol–water partition coefficient (Wildman–Crippen LogP) is 3.02. The van der Waals surface area contributed by atoms with Crippen molar-refractivity contribution >= 4 is 40.5 Å². The molecule has 1 aromatic carbocycles. The van der Waals surface area contributed by atoms with Crippen molar-refractivity contribution in [2.24, 2.45) is 10.9 Å². The predicted molar refractivity (Wildman–Crippen MR) is 106 cm³/mol. The molecule has 1 aromatic heterocycles. The normalized spacial score (nSPS) is 18.3. The number of rotatable bonds is 4. The first-order valence-corrected chi connectivity index (χ1v) is 8.76. The van der Waals surface area contributed by atoms with E-state index in [0.29, 0.717) is 29.3 Å². The van der Waals surface area contributed by atoms with Gasteiger partial charge in [-0.2, -0.15) is 0 Å². The molecule has 0 bridgehead atoms. The van der Waals surface area contributed by atoms with Crippen LogP contribution in [0.1, 0.15) is 16.1 Å². The molecule has 0 saturated carbocycles. The van der Waals surface area contributed by atoms with Crippen molar-refractivity contribution in [3.8, 4) is 0 Å². The van der Waals surface area contributed by atoms with Crippen LogP contribution < -0.4 is 10.2 Å². The molecule has 134 valence electrons. The molecule has 6 nitrogen and oxygen atoms in total. The molecule has 7 heteroatoms. The fourth-order valence-electron chi connectivity index (χ4n) is 2.92. The second kappa shape index (κ2) is 7.13. The molecule has 2 aromatic rings. The summed E-state index contributed by atoms with van der Waals surface area (Å²) in [4.78, 5) is 30.8. The first kappa shape index (κ1) is 17.1. The summed E-state index contributed by atoms with van der Waals surface area (Å²) >= 11 is 5.30. The molecule has 27 heavy (non-hydrogen) atoms. The molecule has 1 unspecified atom stereocenters.